The van der Waals surface area contributed by atoms with Crippen molar-refractivity contribution in [1.82, 2.24) is 0 Å². The Morgan fingerprint density at radius 3 is 2.37 bits per heavy atom. The van der Waals surface area contributed by atoms with Crippen LogP contribution >= 0.6 is 11.8 Å². The molecule has 0 aliphatic carbocycles. The maximum Gasteiger partial charge on any atom is 0.123 e. The minimum atomic E-state index is -0.746. The van der Waals surface area contributed by atoms with Crippen LogP contribution in [0.25, 0.3) is 0 Å². The smallest absolute Gasteiger partial charge is 0.123 e. The molecule has 0 spiro atoms. The van der Waals surface area contributed by atoms with Crippen molar-refractivity contribution in [2.75, 3.05) is 5.75 Å². The predicted octanol–water partition coefficient (Wildman–Crippen LogP) is 4.10. The third-order valence-corrected chi connectivity index (χ3v) is 3.76. The Bertz CT molecular complexity index is 534. The van der Waals surface area contributed by atoms with E-state index in [-0.39, 0.29) is 11.6 Å². The summed E-state index contributed by atoms with van der Waals surface area (Å²) < 4.78 is 26.0. The molecule has 2 rings (SSSR count). The van der Waals surface area contributed by atoms with Gasteiger partial charge in [0.2, 0.25) is 0 Å². The maximum absolute atomic E-state index is 13.2. The van der Waals surface area contributed by atoms with Crippen molar-refractivity contribution in [2.45, 2.75) is 17.9 Å². The Morgan fingerprint density at radius 1 is 1.05 bits per heavy atom. The molecular formula is C15H14F2OS. The molecule has 0 saturated carbocycles. The van der Waals surface area contributed by atoms with E-state index >= 15 is 0 Å². The first-order chi connectivity index (χ1) is 9.04. The summed E-state index contributed by atoms with van der Waals surface area (Å²) in [6, 6.07) is 10.6. The number of benzene rings is 2. The van der Waals surface area contributed by atoms with Crippen LogP contribution < -0.4 is 0 Å². The number of hydrogen-bond donors (Lipinski definition) is 1. The van der Waals surface area contributed by atoms with Crippen LogP contribution in [0.4, 0.5) is 8.78 Å². The first-order valence-corrected chi connectivity index (χ1v) is 6.86. The van der Waals surface area contributed by atoms with Gasteiger partial charge in [0.1, 0.15) is 11.6 Å². The van der Waals surface area contributed by atoms with Gasteiger partial charge in [0.25, 0.3) is 0 Å². The zero-order valence-corrected chi connectivity index (χ0v) is 11.3. The average Bonchev–Trinajstić information content (AvgIpc) is 2.36. The fourth-order valence-corrected chi connectivity index (χ4v) is 2.63. The Kier molecular flexibility index (Phi) is 4.56. The van der Waals surface area contributed by atoms with Crippen molar-refractivity contribution in [2.24, 2.45) is 0 Å². The number of rotatable bonds is 4. The van der Waals surface area contributed by atoms with Crippen molar-refractivity contribution in [3.05, 3.63) is 65.2 Å². The van der Waals surface area contributed by atoms with Crippen molar-refractivity contribution >= 4 is 11.8 Å². The summed E-state index contributed by atoms with van der Waals surface area (Å²) in [5, 5.41) is 10.0. The quantitative estimate of drug-likeness (QED) is 0.851. The summed E-state index contributed by atoms with van der Waals surface area (Å²) in [5.41, 5.74) is 1.34. The molecule has 2 aromatic rings. The maximum atomic E-state index is 13.2. The lowest BCUT2D eigenvalue weighted by molar-refractivity contribution is 0.203. The SMILES string of the molecule is Cc1cc(F)cc(C(O)CSc2ccc(F)cc2)c1. The fraction of sp³-hybridized carbons (Fsp3) is 0.200. The second kappa shape index (κ2) is 6.17. The predicted molar refractivity (Wildman–Crippen MR) is 73.2 cm³/mol. The van der Waals surface area contributed by atoms with Crippen LogP contribution in [0.1, 0.15) is 17.2 Å². The summed E-state index contributed by atoms with van der Waals surface area (Å²) in [7, 11) is 0. The van der Waals surface area contributed by atoms with Gasteiger partial charge in [-0.05, 0) is 54.4 Å². The number of thioether (sulfide) groups is 1. The van der Waals surface area contributed by atoms with Crippen LogP contribution in [0.5, 0.6) is 0 Å². The third-order valence-electron chi connectivity index (χ3n) is 2.67. The minimum Gasteiger partial charge on any atom is -0.388 e. The molecule has 0 saturated heterocycles. The molecule has 1 unspecified atom stereocenters. The molecule has 2 aromatic carbocycles. The number of aryl methyl sites for hydroxylation is 1. The molecule has 1 atom stereocenters. The molecule has 0 heterocycles. The standard InChI is InChI=1S/C15H14F2OS/c1-10-6-11(8-13(17)7-10)15(18)9-19-14-4-2-12(16)3-5-14/h2-8,15,18H,9H2,1H3. The van der Waals surface area contributed by atoms with E-state index in [1.54, 1.807) is 25.1 Å². The van der Waals surface area contributed by atoms with Crippen LogP contribution in [-0.4, -0.2) is 10.9 Å². The Hall–Kier alpha value is -1.39. The highest BCUT2D eigenvalue weighted by Crippen LogP contribution is 2.25. The van der Waals surface area contributed by atoms with Gasteiger partial charge in [-0.1, -0.05) is 6.07 Å². The molecule has 1 nitrogen and oxygen atoms in total. The second-order valence-corrected chi connectivity index (χ2v) is 5.44. The van der Waals surface area contributed by atoms with Gasteiger partial charge in [-0.25, -0.2) is 8.78 Å². The highest BCUT2D eigenvalue weighted by atomic mass is 32.2. The molecule has 4 heteroatoms. The van der Waals surface area contributed by atoms with E-state index in [0.717, 1.165) is 10.5 Å². The van der Waals surface area contributed by atoms with Gasteiger partial charge in [-0.3, -0.25) is 0 Å². The summed E-state index contributed by atoms with van der Waals surface area (Å²) in [4.78, 5) is 0.869. The molecule has 1 N–H and O–H groups in total. The lowest BCUT2D eigenvalue weighted by Gasteiger charge is -2.11. The van der Waals surface area contributed by atoms with Crippen molar-refractivity contribution in [3.8, 4) is 0 Å². The normalized spacial score (nSPS) is 12.4. The Labute approximate surface area is 115 Å². The topological polar surface area (TPSA) is 20.2 Å². The zero-order chi connectivity index (χ0) is 13.8. The highest BCUT2D eigenvalue weighted by molar-refractivity contribution is 7.99. The zero-order valence-electron chi connectivity index (χ0n) is 10.4. The molecule has 0 fully saturated rings. The van der Waals surface area contributed by atoms with Crippen LogP contribution in [0.2, 0.25) is 0 Å². The summed E-state index contributed by atoms with van der Waals surface area (Å²) in [5.74, 6) is -0.236. The van der Waals surface area contributed by atoms with Gasteiger partial charge in [0.15, 0.2) is 0 Å². The highest BCUT2D eigenvalue weighted by Gasteiger charge is 2.10. The van der Waals surface area contributed by atoms with Crippen LogP contribution in [0.15, 0.2) is 47.4 Å². The van der Waals surface area contributed by atoms with E-state index in [2.05, 4.69) is 0 Å². The van der Waals surface area contributed by atoms with Crippen molar-refractivity contribution in [3.63, 3.8) is 0 Å². The average molecular weight is 280 g/mol. The summed E-state index contributed by atoms with van der Waals surface area (Å²) in [6.07, 6.45) is -0.746. The summed E-state index contributed by atoms with van der Waals surface area (Å²) in [6.45, 7) is 1.78. The van der Waals surface area contributed by atoms with Gasteiger partial charge >= 0.3 is 0 Å². The lowest BCUT2D eigenvalue weighted by atomic mass is 10.1. The monoisotopic (exact) mass is 280 g/mol. The van der Waals surface area contributed by atoms with Gasteiger partial charge < -0.3 is 5.11 Å². The third kappa shape index (κ3) is 4.04. The molecule has 0 aromatic heterocycles. The van der Waals surface area contributed by atoms with E-state index in [1.165, 1.54) is 36.0 Å². The fourth-order valence-electron chi connectivity index (χ4n) is 1.76. The minimum absolute atomic E-state index is 0.286. The number of halogens is 2. The van der Waals surface area contributed by atoms with Crippen LogP contribution in [0.3, 0.4) is 0 Å². The Morgan fingerprint density at radius 2 is 1.74 bits per heavy atom. The van der Waals surface area contributed by atoms with E-state index in [0.29, 0.717) is 11.3 Å². The molecule has 0 radical (unpaired) electrons. The van der Waals surface area contributed by atoms with Gasteiger partial charge in [-0.15, -0.1) is 11.8 Å². The van der Waals surface area contributed by atoms with E-state index in [1.807, 2.05) is 0 Å². The number of aliphatic hydroxyl groups excluding tert-OH is 1. The molecule has 100 valence electrons. The molecule has 0 amide bonds. The first-order valence-electron chi connectivity index (χ1n) is 5.88. The van der Waals surface area contributed by atoms with Crippen molar-refractivity contribution in [1.29, 1.82) is 0 Å². The van der Waals surface area contributed by atoms with Crippen molar-refractivity contribution < 1.29 is 13.9 Å². The molecule has 0 bridgehead atoms. The van der Waals surface area contributed by atoms with E-state index < -0.39 is 6.10 Å². The number of aliphatic hydroxyl groups is 1. The van der Waals surface area contributed by atoms with Crippen LogP contribution in [0, 0.1) is 18.6 Å². The molecule has 0 aliphatic heterocycles. The largest absolute Gasteiger partial charge is 0.388 e. The first kappa shape index (κ1) is 14.0. The van der Waals surface area contributed by atoms with E-state index in [9.17, 15) is 13.9 Å². The van der Waals surface area contributed by atoms with Gasteiger partial charge in [-0.2, -0.15) is 0 Å². The molecule has 0 aliphatic rings. The Balaban J connectivity index is 2.00. The molecule has 19 heavy (non-hydrogen) atoms. The van der Waals surface area contributed by atoms with Gasteiger partial charge in [0.05, 0.1) is 6.10 Å². The van der Waals surface area contributed by atoms with Gasteiger partial charge in [0, 0.05) is 10.6 Å². The molecular weight excluding hydrogens is 266 g/mol. The van der Waals surface area contributed by atoms with E-state index in [4.69, 9.17) is 0 Å². The second-order valence-electron chi connectivity index (χ2n) is 4.34. The lowest BCUT2D eigenvalue weighted by Crippen LogP contribution is -2.01. The summed E-state index contributed by atoms with van der Waals surface area (Å²) >= 11 is 1.40. The number of hydrogen-bond acceptors (Lipinski definition) is 2. The van der Waals surface area contributed by atoms with Crippen LogP contribution in [-0.2, 0) is 0 Å².